The Labute approximate surface area is 212 Å². The normalized spacial score (nSPS) is 20.7. The topological polar surface area (TPSA) is 71.3 Å². The van der Waals surface area contributed by atoms with Crippen molar-refractivity contribution < 1.29 is 24.3 Å². The van der Waals surface area contributed by atoms with Gasteiger partial charge >= 0.3 is 0 Å². The SMILES string of the molecule is CC(C)c1ccc(OC[C@H](O)C[NH+]2CCC(CN3C(=O)c4cccc5cccc(c45)C3=O)CC2)cc1. The minimum Gasteiger partial charge on any atom is -0.491 e. The Balaban J connectivity index is 1.11. The maximum Gasteiger partial charge on any atom is 0.261 e. The van der Waals surface area contributed by atoms with Crippen LogP contribution in [-0.4, -0.2) is 60.7 Å². The van der Waals surface area contributed by atoms with Crippen LogP contribution in [0, 0.1) is 5.92 Å². The number of imide groups is 1. The number of hydrogen-bond acceptors (Lipinski definition) is 4. The first kappa shape index (κ1) is 24.5. The number of amides is 2. The van der Waals surface area contributed by atoms with E-state index in [1.807, 2.05) is 48.5 Å². The second-order valence-corrected chi connectivity index (χ2v) is 10.5. The largest absolute Gasteiger partial charge is 0.491 e. The number of rotatable bonds is 8. The van der Waals surface area contributed by atoms with E-state index in [4.69, 9.17) is 4.74 Å². The van der Waals surface area contributed by atoms with Gasteiger partial charge in [-0.05, 0) is 47.1 Å². The Morgan fingerprint density at radius 1 is 0.944 bits per heavy atom. The van der Waals surface area contributed by atoms with Crippen LogP contribution in [0.4, 0.5) is 0 Å². The van der Waals surface area contributed by atoms with Gasteiger partial charge in [0.25, 0.3) is 11.8 Å². The van der Waals surface area contributed by atoms with Crippen molar-refractivity contribution in [3.8, 4) is 5.75 Å². The Kier molecular flexibility index (Phi) is 7.08. The fourth-order valence-corrected chi connectivity index (χ4v) is 5.51. The molecule has 3 aromatic rings. The van der Waals surface area contributed by atoms with Crippen LogP contribution >= 0.6 is 0 Å². The lowest BCUT2D eigenvalue weighted by Gasteiger charge is -2.34. The van der Waals surface area contributed by atoms with Gasteiger partial charge in [0.2, 0.25) is 0 Å². The van der Waals surface area contributed by atoms with Gasteiger partial charge in [-0.3, -0.25) is 14.5 Å². The number of nitrogens with zero attached hydrogens (tertiary/aromatic N) is 1. The molecule has 0 spiro atoms. The second kappa shape index (κ2) is 10.4. The monoisotopic (exact) mass is 487 g/mol. The highest BCUT2D eigenvalue weighted by Gasteiger charge is 2.35. The maximum atomic E-state index is 13.2. The van der Waals surface area contributed by atoms with Crippen LogP contribution in [0.3, 0.4) is 0 Å². The van der Waals surface area contributed by atoms with Gasteiger partial charge in [0, 0.05) is 35.9 Å². The minimum atomic E-state index is -0.538. The summed E-state index contributed by atoms with van der Waals surface area (Å²) in [5.41, 5.74) is 2.50. The number of aliphatic hydroxyl groups excluding tert-OH is 1. The summed E-state index contributed by atoms with van der Waals surface area (Å²) in [6, 6.07) is 19.3. The number of ether oxygens (including phenoxy) is 1. The molecule has 2 N–H and O–H groups in total. The van der Waals surface area contributed by atoms with Crippen molar-refractivity contribution in [2.24, 2.45) is 5.92 Å². The van der Waals surface area contributed by atoms with E-state index in [2.05, 4.69) is 26.0 Å². The number of piperidine rings is 1. The van der Waals surface area contributed by atoms with Crippen molar-refractivity contribution in [2.45, 2.75) is 38.7 Å². The molecule has 1 fully saturated rings. The average molecular weight is 488 g/mol. The molecule has 0 bridgehead atoms. The van der Waals surface area contributed by atoms with Crippen LogP contribution < -0.4 is 9.64 Å². The van der Waals surface area contributed by atoms with E-state index in [1.54, 1.807) is 0 Å². The summed E-state index contributed by atoms with van der Waals surface area (Å²) < 4.78 is 5.80. The molecule has 188 valence electrons. The van der Waals surface area contributed by atoms with Crippen LogP contribution in [0.5, 0.6) is 5.75 Å². The van der Waals surface area contributed by atoms with Gasteiger partial charge in [0.1, 0.15) is 25.0 Å². The van der Waals surface area contributed by atoms with Crippen molar-refractivity contribution in [1.82, 2.24) is 4.90 Å². The third kappa shape index (κ3) is 5.01. The summed E-state index contributed by atoms with van der Waals surface area (Å²) in [6.45, 7) is 7.50. The first-order valence-corrected chi connectivity index (χ1v) is 13.0. The second-order valence-electron chi connectivity index (χ2n) is 10.5. The van der Waals surface area contributed by atoms with Crippen LogP contribution in [0.15, 0.2) is 60.7 Å². The zero-order valence-electron chi connectivity index (χ0n) is 21.1. The summed E-state index contributed by atoms with van der Waals surface area (Å²) in [7, 11) is 0. The Morgan fingerprint density at radius 2 is 1.56 bits per heavy atom. The van der Waals surface area contributed by atoms with E-state index in [0.29, 0.717) is 30.1 Å². The molecule has 0 aliphatic carbocycles. The highest BCUT2D eigenvalue weighted by Crippen LogP contribution is 2.31. The molecule has 3 aromatic carbocycles. The number of carbonyl (C=O) groups excluding carboxylic acids is 2. The van der Waals surface area contributed by atoms with Crippen LogP contribution in [0.2, 0.25) is 0 Å². The lowest BCUT2D eigenvalue weighted by Crippen LogP contribution is -3.14. The highest BCUT2D eigenvalue weighted by atomic mass is 16.5. The van der Waals surface area contributed by atoms with Crippen LogP contribution in [0.1, 0.15) is 58.9 Å². The Morgan fingerprint density at radius 3 is 2.14 bits per heavy atom. The van der Waals surface area contributed by atoms with Gasteiger partial charge < -0.3 is 14.7 Å². The zero-order valence-corrected chi connectivity index (χ0v) is 21.1. The Hall–Kier alpha value is -3.22. The quantitative estimate of drug-likeness (QED) is 0.479. The molecule has 2 aliphatic heterocycles. The van der Waals surface area contributed by atoms with Gasteiger partial charge in [0.15, 0.2) is 0 Å². The average Bonchev–Trinajstić information content (AvgIpc) is 2.89. The summed E-state index contributed by atoms with van der Waals surface area (Å²) >= 11 is 0. The van der Waals surface area contributed by atoms with Crippen LogP contribution in [-0.2, 0) is 0 Å². The van der Waals surface area contributed by atoms with Crippen molar-refractivity contribution in [3.63, 3.8) is 0 Å². The summed E-state index contributed by atoms with van der Waals surface area (Å²) in [6.07, 6.45) is 1.30. The van der Waals surface area contributed by atoms with E-state index < -0.39 is 6.10 Å². The fourth-order valence-electron chi connectivity index (χ4n) is 5.51. The van der Waals surface area contributed by atoms with E-state index in [-0.39, 0.29) is 24.3 Å². The minimum absolute atomic E-state index is 0.187. The molecule has 36 heavy (non-hydrogen) atoms. The molecule has 0 saturated carbocycles. The van der Waals surface area contributed by atoms with Gasteiger partial charge in [-0.25, -0.2) is 0 Å². The smallest absolute Gasteiger partial charge is 0.261 e. The van der Waals surface area contributed by atoms with Gasteiger partial charge in [-0.15, -0.1) is 0 Å². The zero-order chi connectivity index (χ0) is 25.2. The van der Waals surface area contributed by atoms with Crippen molar-refractivity contribution >= 4 is 22.6 Å². The summed E-state index contributed by atoms with van der Waals surface area (Å²) in [5, 5.41) is 12.2. The van der Waals surface area contributed by atoms with Gasteiger partial charge in [-0.1, -0.05) is 50.2 Å². The number of nitrogens with one attached hydrogen (secondary N) is 1. The van der Waals surface area contributed by atoms with E-state index in [1.165, 1.54) is 15.4 Å². The molecule has 0 radical (unpaired) electrons. The molecule has 2 amide bonds. The molecule has 1 saturated heterocycles. The molecule has 6 nitrogen and oxygen atoms in total. The van der Waals surface area contributed by atoms with E-state index in [9.17, 15) is 14.7 Å². The maximum absolute atomic E-state index is 13.2. The summed E-state index contributed by atoms with van der Waals surface area (Å²) in [5.74, 6) is 1.16. The molecule has 0 aromatic heterocycles. The number of quaternary nitrogens is 1. The fraction of sp³-hybridized carbons (Fsp3) is 0.400. The number of aliphatic hydroxyl groups is 1. The van der Waals surface area contributed by atoms with Gasteiger partial charge in [0.05, 0.1) is 13.1 Å². The van der Waals surface area contributed by atoms with Crippen molar-refractivity contribution in [2.75, 3.05) is 32.8 Å². The van der Waals surface area contributed by atoms with Crippen molar-refractivity contribution in [1.29, 1.82) is 0 Å². The molecule has 1 atom stereocenters. The lowest BCUT2D eigenvalue weighted by molar-refractivity contribution is -0.909. The van der Waals surface area contributed by atoms with E-state index >= 15 is 0 Å². The first-order valence-electron chi connectivity index (χ1n) is 13.0. The molecule has 6 heteroatoms. The molecule has 2 heterocycles. The number of carbonyl (C=O) groups is 2. The van der Waals surface area contributed by atoms with Gasteiger partial charge in [-0.2, -0.15) is 0 Å². The molecule has 0 unspecified atom stereocenters. The Bertz CT molecular complexity index is 1190. The number of likely N-dealkylation sites (tertiary alicyclic amines) is 1. The van der Waals surface area contributed by atoms with E-state index in [0.717, 1.165) is 42.5 Å². The molecular formula is C30H35N2O4+. The number of hydrogen-bond donors (Lipinski definition) is 2. The predicted molar refractivity (Wildman–Crippen MR) is 140 cm³/mol. The predicted octanol–water partition coefficient (Wildman–Crippen LogP) is 3.29. The number of benzene rings is 3. The third-order valence-corrected chi connectivity index (χ3v) is 7.62. The molecule has 5 rings (SSSR count). The standard InChI is InChI=1S/C30H34N2O4/c1-20(2)22-9-11-25(12-10-22)36-19-24(33)18-31-15-13-21(14-16-31)17-32-29(34)26-7-3-5-23-6-4-8-27(28(23)26)30(32)35/h3-12,20-21,24,33H,13-19H2,1-2H3/p+1/t24-/m1/s1. The van der Waals surface area contributed by atoms with Crippen molar-refractivity contribution in [3.05, 3.63) is 77.4 Å². The molecular weight excluding hydrogens is 452 g/mol. The third-order valence-electron chi connectivity index (χ3n) is 7.62. The summed E-state index contributed by atoms with van der Waals surface area (Å²) in [4.78, 5) is 29.2. The molecule has 2 aliphatic rings. The lowest BCUT2D eigenvalue weighted by atomic mass is 9.91. The highest BCUT2D eigenvalue weighted by molar-refractivity contribution is 6.25. The first-order chi connectivity index (χ1) is 17.4. The van der Waals surface area contributed by atoms with Crippen LogP contribution in [0.25, 0.3) is 10.8 Å².